The summed E-state index contributed by atoms with van der Waals surface area (Å²) in [6, 6.07) is 13.2. The van der Waals surface area contributed by atoms with Crippen LogP contribution in [0, 0.1) is 0 Å². The number of nitrogens with one attached hydrogen (secondary N) is 1. The van der Waals surface area contributed by atoms with Gasteiger partial charge in [-0.2, -0.15) is 0 Å². The summed E-state index contributed by atoms with van der Waals surface area (Å²) in [6.07, 6.45) is 4.31. The quantitative estimate of drug-likeness (QED) is 0.883. The van der Waals surface area contributed by atoms with E-state index in [9.17, 15) is 0 Å². The summed E-state index contributed by atoms with van der Waals surface area (Å²) in [5, 5.41) is 4.23. The molecule has 110 valence electrons. The van der Waals surface area contributed by atoms with E-state index in [0.29, 0.717) is 6.04 Å². The van der Waals surface area contributed by atoms with Crippen LogP contribution in [0.25, 0.3) is 0 Å². The molecule has 1 saturated carbocycles. The molecule has 0 amide bonds. The highest BCUT2D eigenvalue weighted by Gasteiger charge is 2.20. The van der Waals surface area contributed by atoms with Crippen LogP contribution in [0.3, 0.4) is 0 Å². The Kier molecular flexibility index (Phi) is 4.42. The zero-order chi connectivity index (χ0) is 14.7. The summed E-state index contributed by atoms with van der Waals surface area (Å²) in [5.74, 6) is 0.954. The minimum Gasteiger partial charge on any atom is -0.355 e. The normalized spacial score (nSPS) is 14.2. The molecule has 0 atom stereocenters. The van der Waals surface area contributed by atoms with Crippen molar-refractivity contribution in [2.45, 2.75) is 32.0 Å². The second-order valence-electron chi connectivity index (χ2n) is 5.63. The van der Waals surface area contributed by atoms with Gasteiger partial charge < -0.3 is 10.2 Å². The molecule has 21 heavy (non-hydrogen) atoms. The summed E-state index contributed by atoms with van der Waals surface area (Å²) < 4.78 is 0. The highest BCUT2D eigenvalue weighted by atomic mass is 35.5. The number of rotatable bonds is 6. The monoisotopic (exact) mass is 301 g/mol. The van der Waals surface area contributed by atoms with E-state index in [1.807, 2.05) is 6.07 Å². The van der Waals surface area contributed by atoms with Gasteiger partial charge in [-0.05, 0) is 30.0 Å². The van der Waals surface area contributed by atoms with Gasteiger partial charge in [-0.3, -0.25) is 0 Å². The molecule has 1 N–H and O–H groups in total. The van der Waals surface area contributed by atoms with Crippen LogP contribution >= 0.6 is 11.6 Å². The molecule has 0 bridgehead atoms. The van der Waals surface area contributed by atoms with Crippen molar-refractivity contribution in [2.24, 2.45) is 0 Å². The topological polar surface area (TPSA) is 28.2 Å². The first kappa shape index (κ1) is 14.4. The third-order valence-corrected chi connectivity index (χ3v) is 4.07. The lowest BCUT2D eigenvalue weighted by atomic mass is 10.2. The van der Waals surface area contributed by atoms with Gasteiger partial charge in [0.25, 0.3) is 0 Å². The maximum Gasteiger partial charge on any atom is 0.128 e. The lowest BCUT2D eigenvalue weighted by molar-refractivity contribution is 0.687. The first-order chi connectivity index (χ1) is 10.2. The maximum atomic E-state index is 6.24. The van der Waals surface area contributed by atoms with E-state index in [4.69, 9.17) is 11.6 Å². The van der Waals surface area contributed by atoms with Gasteiger partial charge in [0, 0.05) is 32.4 Å². The van der Waals surface area contributed by atoms with Gasteiger partial charge in [0.15, 0.2) is 0 Å². The summed E-state index contributed by atoms with van der Waals surface area (Å²) >= 11 is 6.24. The van der Waals surface area contributed by atoms with E-state index >= 15 is 0 Å². The molecule has 0 unspecified atom stereocenters. The Morgan fingerprint density at radius 1 is 1.29 bits per heavy atom. The number of hydrogen-bond donors (Lipinski definition) is 1. The number of halogens is 1. The Hall–Kier alpha value is -1.58. The number of benzene rings is 1. The predicted octanol–water partition coefficient (Wildman–Crippen LogP) is 3.62. The van der Waals surface area contributed by atoms with Gasteiger partial charge >= 0.3 is 0 Å². The van der Waals surface area contributed by atoms with Crippen LogP contribution < -0.4 is 10.2 Å². The zero-order valence-electron chi connectivity index (χ0n) is 12.2. The van der Waals surface area contributed by atoms with Crippen molar-refractivity contribution in [3.8, 4) is 0 Å². The molecule has 0 spiro atoms. The Labute approximate surface area is 131 Å². The van der Waals surface area contributed by atoms with Gasteiger partial charge in [0.2, 0.25) is 0 Å². The van der Waals surface area contributed by atoms with Gasteiger partial charge in [0.05, 0.1) is 5.02 Å². The van der Waals surface area contributed by atoms with Crippen molar-refractivity contribution >= 4 is 17.4 Å². The Bertz CT molecular complexity index is 596. The molecule has 0 radical (unpaired) electrons. The Morgan fingerprint density at radius 2 is 2.05 bits per heavy atom. The smallest absolute Gasteiger partial charge is 0.128 e. The lowest BCUT2D eigenvalue weighted by Crippen LogP contribution is -2.19. The minimum absolute atomic E-state index is 0.680. The average Bonchev–Trinajstić information content (AvgIpc) is 3.31. The van der Waals surface area contributed by atoms with Crippen LogP contribution in [0.4, 0.5) is 5.82 Å². The van der Waals surface area contributed by atoms with Crippen molar-refractivity contribution in [1.29, 1.82) is 0 Å². The SMILES string of the molecule is CN(Cc1ccccc1)c1cc(CNC2CC2)c(Cl)cn1. The number of pyridine rings is 1. The molecule has 3 nitrogen and oxygen atoms in total. The van der Waals surface area contributed by atoms with Crippen molar-refractivity contribution in [3.63, 3.8) is 0 Å². The molecular weight excluding hydrogens is 282 g/mol. The first-order valence-electron chi connectivity index (χ1n) is 7.35. The van der Waals surface area contributed by atoms with E-state index < -0.39 is 0 Å². The summed E-state index contributed by atoms with van der Waals surface area (Å²) in [5.41, 5.74) is 2.39. The summed E-state index contributed by atoms with van der Waals surface area (Å²) in [4.78, 5) is 6.59. The molecule has 1 aromatic carbocycles. The van der Waals surface area contributed by atoms with Crippen LogP contribution in [-0.4, -0.2) is 18.1 Å². The van der Waals surface area contributed by atoms with E-state index in [0.717, 1.165) is 29.5 Å². The van der Waals surface area contributed by atoms with Gasteiger partial charge in [0.1, 0.15) is 5.82 Å². The maximum absolute atomic E-state index is 6.24. The third-order valence-electron chi connectivity index (χ3n) is 3.73. The van der Waals surface area contributed by atoms with Crippen LogP contribution in [0.1, 0.15) is 24.0 Å². The van der Waals surface area contributed by atoms with Crippen LogP contribution in [0.15, 0.2) is 42.6 Å². The molecule has 1 aliphatic carbocycles. The third kappa shape index (κ3) is 3.96. The molecule has 1 aromatic heterocycles. The van der Waals surface area contributed by atoms with Crippen molar-refractivity contribution in [2.75, 3.05) is 11.9 Å². The fourth-order valence-electron chi connectivity index (χ4n) is 2.29. The summed E-state index contributed by atoms with van der Waals surface area (Å²) in [7, 11) is 2.06. The predicted molar refractivity (Wildman–Crippen MR) is 87.7 cm³/mol. The lowest BCUT2D eigenvalue weighted by Gasteiger charge is -2.19. The van der Waals surface area contributed by atoms with Gasteiger partial charge in [-0.25, -0.2) is 4.98 Å². The largest absolute Gasteiger partial charge is 0.355 e. The highest BCUT2D eigenvalue weighted by Crippen LogP contribution is 2.23. The van der Waals surface area contributed by atoms with E-state index in [1.165, 1.54) is 18.4 Å². The molecule has 0 aliphatic heterocycles. The minimum atomic E-state index is 0.680. The number of anilines is 1. The number of nitrogens with zero attached hydrogens (tertiary/aromatic N) is 2. The second-order valence-corrected chi connectivity index (χ2v) is 6.04. The molecular formula is C17H20ClN3. The molecule has 1 fully saturated rings. The Morgan fingerprint density at radius 3 is 2.76 bits per heavy atom. The molecule has 2 aromatic rings. The molecule has 0 saturated heterocycles. The number of aromatic nitrogens is 1. The zero-order valence-corrected chi connectivity index (χ0v) is 13.0. The molecule has 4 heteroatoms. The second kappa shape index (κ2) is 6.46. The molecule has 1 aliphatic rings. The van der Waals surface area contributed by atoms with Crippen LogP contribution in [0.5, 0.6) is 0 Å². The highest BCUT2D eigenvalue weighted by molar-refractivity contribution is 6.31. The molecule has 3 rings (SSSR count). The van der Waals surface area contributed by atoms with Crippen molar-refractivity contribution in [1.82, 2.24) is 10.3 Å². The van der Waals surface area contributed by atoms with E-state index in [2.05, 4.69) is 52.6 Å². The van der Waals surface area contributed by atoms with Crippen molar-refractivity contribution < 1.29 is 0 Å². The standard InChI is InChI=1S/C17H20ClN3/c1-21(12-13-5-3-2-4-6-13)17-9-14(16(18)11-20-17)10-19-15-7-8-15/h2-6,9,11,15,19H,7-8,10,12H2,1H3. The summed E-state index contributed by atoms with van der Waals surface area (Å²) in [6.45, 7) is 1.66. The fourth-order valence-corrected chi connectivity index (χ4v) is 2.46. The Balaban J connectivity index is 1.69. The van der Waals surface area contributed by atoms with E-state index in [1.54, 1.807) is 6.20 Å². The average molecular weight is 302 g/mol. The van der Waals surface area contributed by atoms with E-state index in [-0.39, 0.29) is 0 Å². The van der Waals surface area contributed by atoms with Crippen molar-refractivity contribution in [3.05, 3.63) is 58.7 Å². The number of hydrogen-bond acceptors (Lipinski definition) is 3. The first-order valence-corrected chi connectivity index (χ1v) is 7.73. The van der Waals surface area contributed by atoms with Crippen LogP contribution in [0.2, 0.25) is 5.02 Å². The van der Waals surface area contributed by atoms with Gasteiger partial charge in [-0.1, -0.05) is 41.9 Å². The molecule has 1 heterocycles. The fraction of sp³-hybridized carbons (Fsp3) is 0.353. The van der Waals surface area contributed by atoms with Crippen LogP contribution in [-0.2, 0) is 13.1 Å². The van der Waals surface area contributed by atoms with Gasteiger partial charge in [-0.15, -0.1) is 0 Å².